The number of nitrogens with two attached hydrogens (primary N) is 1. The lowest BCUT2D eigenvalue weighted by molar-refractivity contribution is 0.528. The number of halogens is 3. The quantitative estimate of drug-likeness (QED) is 0.560. The molecular formula is C16H17Br2FN2. The summed E-state index contributed by atoms with van der Waals surface area (Å²) in [6.45, 7) is 4.07. The Hall–Kier alpha value is -0.750. The fourth-order valence-corrected chi connectivity index (χ4v) is 2.92. The van der Waals surface area contributed by atoms with Crippen molar-refractivity contribution in [3.8, 4) is 0 Å². The highest BCUT2D eigenvalue weighted by molar-refractivity contribution is 9.10. The van der Waals surface area contributed by atoms with Gasteiger partial charge in [0.1, 0.15) is 5.82 Å². The van der Waals surface area contributed by atoms with Crippen LogP contribution >= 0.6 is 31.9 Å². The summed E-state index contributed by atoms with van der Waals surface area (Å²) < 4.78 is 15.8. The van der Waals surface area contributed by atoms with Crippen LogP contribution in [0, 0.1) is 19.7 Å². The molecule has 0 saturated heterocycles. The lowest BCUT2D eigenvalue weighted by Gasteiger charge is -2.19. The standard InChI is InChI=1S/C16H17Br2FN2/c1-9-5-12(6-10(2)16(9)18)15(21-20)7-11-3-4-13(17)8-14(11)19/h3-6,8,15,21H,7,20H2,1-2H3. The number of rotatable bonds is 4. The SMILES string of the molecule is Cc1cc(C(Cc2ccc(Br)cc2F)NN)cc(C)c1Br. The zero-order chi connectivity index (χ0) is 15.6. The van der Waals surface area contributed by atoms with Crippen LogP contribution in [0.3, 0.4) is 0 Å². The minimum Gasteiger partial charge on any atom is -0.271 e. The maximum atomic E-state index is 14.0. The number of hydrogen-bond donors (Lipinski definition) is 2. The first kappa shape index (κ1) is 16.6. The molecule has 0 radical (unpaired) electrons. The molecule has 0 amide bonds. The van der Waals surface area contributed by atoms with Gasteiger partial charge in [-0.1, -0.05) is 50.1 Å². The average molecular weight is 416 g/mol. The summed E-state index contributed by atoms with van der Waals surface area (Å²) >= 11 is 6.82. The van der Waals surface area contributed by atoms with Gasteiger partial charge in [0.15, 0.2) is 0 Å². The van der Waals surface area contributed by atoms with Gasteiger partial charge in [-0.05, 0) is 54.7 Å². The predicted octanol–water partition coefficient (Wildman–Crippen LogP) is 4.71. The molecule has 0 aliphatic rings. The van der Waals surface area contributed by atoms with Gasteiger partial charge in [0.2, 0.25) is 0 Å². The number of benzene rings is 2. The third kappa shape index (κ3) is 3.92. The second kappa shape index (κ2) is 7.01. The average Bonchev–Trinajstić information content (AvgIpc) is 2.43. The molecule has 1 unspecified atom stereocenters. The van der Waals surface area contributed by atoms with Crippen LogP contribution < -0.4 is 11.3 Å². The van der Waals surface area contributed by atoms with E-state index in [0.717, 1.165) is 25.6 Å². The van der Waals surface area contributed by atoms with Crippen molar-refractivity contribution in [2.75, 3.05) is 0 Å². The fraction of sp³-hybridized carbons (Fsp3) is 0.250. The summed E-state index contributed by atoms with van der Waals surface area (Å²) in [6.07, 6.45) is 0.496. The van der Waals surface area contributed by atoms with Gasteiger partial charge in [-0.2, -0.15) is 0 Å². The van der Waals surface area contributed by atoms with E-state index >= 15 is 0 Å². The van der Waals surface area contributed by atoms with Crippen LogP contribution in [0.1, 0.15) is 28.3 Å². The van der Waals surface area contributed by atoms with Crippen LogP contribution in [0.2, 0.25) is 0 Å². The normalized spacial score (nSPS) is 12.5. The fourth-order valence-electron chi connectivity index (χ4n) is 2.36. The first-order valence-corrected chi connectivity index (χ1v) is 8.17. The topological polar surface area (TPSA) is 38.0 Å². The van der Waals surface area contributed by atoms with Crippen LogP contribution in [-0.4, -0.2) is 0 Å². The first-order chi connectivity index (χ1) is 9.92. The third-order valence-electron chi connectivity index (χ3n) is 3.50. The molecule has 0 saturated carbocycles. The van der Waals surface area contributed by atoms with Crippen LogP contribution in [0.15, 0.2) is 39.3 Å². The molecule has 21 heavy (non-hydrogen) atoms. The summed E-state index contributed by atoms with van der Waals surface area (Å²) in [5.41, 5.74) is 6.76. The van der Waals surface area contributed by atoms with Gasteiger partial charge in [0.25, 0.3) is 0 Å². The Labute approximate surface area is 141 Å². The zero-order valence-electron chi connectivity index (χ0n) is 11.9. The molecule has 5 heteroatoms. The van der Waals surface area contributed by atoms with Gasteiger partial charge in [-0.15, -0.1) is 0 Å². The Balaban J connectivity index is 2.32. The van der Waals surface area contributed by atoms with E-state index in [4.69, 9.17) is 5.84 Å². The van der Waals surface area contributed by atoms with Crippen molar-refractivity contribution in [1.29, 1.82) is 0 Å². The van der Waals surface area contributed by atoms with E-state index in [1.54, 1.807) is 6.07 Å². The highest BCUT2D eigenvalue weighted by atomic mass is 79.9. The summed E-state index contributed by atoms with van der Waals surface area (Å²) in [5.74, 6) is 5.45. The summed E-state index contributed by atoms with van der Waals surface area (Å²) in [7, 11) is 0. The van der Waals surface area contributed by atoms with Crippen molar-refractivity contribution in [1.82, 2.24) is 5.43 Å². The van der Waals surface area contributed by atoms with Gasteiger partial charge in [0.05, 0.1) is 6.04 Å². The molecule has 2 aromatic rings. The van der Waals surface area contributed by atoms with Crippen molar-refractivity contribution in [3.63, 3.8) is 0 Å². The summed E-state index contributed by atoms with van der Waals surface area (Å²) in [6, 6.07) is 9.09. The second-order valence-corrected chi connectivity index (χ2v) is 6.84. The lowest BCUT2D eigenvalue weighted by atomic mass is 9.96. The Kier molecular flexibility index (Phi) is 5.54. The Morgan fingerprint density at radius 2 is 1.76 bits per heavy atom. The highest BCUT2D eigenvalue weighted by Gasteiger charge is 2.15. The molecule has 2 rings (SSSR count). The van der Waals surface area contributed by atoms with Crippen molar-refractivity contribution in [2.24, 2.45) is 5.84 Å². The van der Waals surface area contributed by atoms with Crippen molar-refractivity contribution in [2.45, 2.75) is 26.3 Å². The highest BCUT2D eigenvalue weighted by Crippen LogP contribution is 2.28. The van der Waals surface area contributed by atoms with E-state index < -0.39 is 0 Å². The van der Waals surface area contributed by atoms with E-state index in [1.807, 2.05) is 19.9 Å². The van der Waals surface area contributed by atoms with Gasteiger partial charge in [-0.3, -0.25) is 11.3 Å². The molecule has 1 atom stereocenters. The monoisotopic (exact) mass is 414 g/mol. The molecule has 0 bridgehead atoms. The number of nitrogens with one attached hydrogen (secondary N) is 1. The van der Waals surface area contributed by atoms with E-state index in [1.165, 1.54) is 6.07 Å². The van der Waals surface area contributed by atoms with Crippen molar-refractivity contribution < 1.29 is 4.39 Å². The molecular weight excluding hydrogens is 399 g/mol. The molecule has 2 aromatic carbocycles. The molecule has 3 N–H and O–H groups in total. The van der Waals surface area contributed by atoms with Gasteiger partial charge >= 0.3 is 0 Å². The Morgan fingerprint density at radius 3 is 2.29 bits per heavy atom. The van der Waals surface area contributed by atoms with E-state index in [0.29, 0.717) is 12.0 Å². The molecule has 0 spiro atoms. The maximum Gasteiger partial charge on any atom is 0.127 e. The Morgan fingerprint density at radius 1 is 1.14 bits per heavy atom. The van der Waals surface area contributed by atoms with E-state index in [9.17, 15) is 4.39 Å². The predicted molar refractivity (Wildman–Crippen MR) is 91.5 cm³/mol. The zero-order valence-corrected chi connectivity index (χ0v) is 15.1. The molecule has 0 aliphatic carbocycles. The minimum atomic E-state index is -0.227. The first-order valence-electron chi connectivity index (χ1n) is 6.59. The molecule has 2 nitrogen and oxygen atoms in total. The smallest absolute Gasteiger partial charge is 0.127 e. The van der Waals surface area contributed by atoms with Gasteiger partial charge in [-0.25, -0.2) is 4.39 Å². The molecule has 112 valence electrons. The molecule has 0 aliphatic heterocycles. The maximum absolute atomic E-state index is 14.0. The van der Waals surface area contributed by atoms with Crippen LogP contribution in [0.5, 0.6) is 0 Å². The largest absolute Gasteiger partial charge is 0.271 e. The molecule has 0 fully saturated rings. The van der Waals surface area contributed by atoms with E-state index in [2.05, 4.69) is 49.4 Å². The van der Waals surface area contributed by atoms with Crippen molar-refractivity contribution >= 4 is 31.9 Å². The summed E-state index contributed by atoms with van der Waals surface area (Å²) in [5, 5.41) is 0. The third-order valence-corrected chi connectivity index (χ3v) is 5.25. The summed E-state index contributed by atoms with van der Waals surface area (Å²) in [4.78, 5) is 0. The van der Waals surface area contributed by atoms with Crippen LogP contribution in [-0.2, 0) is 6.42 Å². The van der Waals surface area contributed by atoms with Gasteiger partial charge < -0.3 is 0 Å². The lowest BCUT2D eigenvalue weighted by Crippen LogP contribution is -2.30. The number of aryl methyl sites for hydroxylation is 2. The van der Waals surface area contributed by atoms with Gasteiger partial charge in [0, 0.05) is 8.95 Å². The molecule has 0 heterocycles. The van der Waals surface area contributed by atoms with Crippen LogP contribution in [0.25, 0.3) is 0 Å². The van der Waals surface area contributed by atoms with E-state index in [-0.39, 0.29) is 11.9 Å². The molecule has 0 aromatic heterocycles. The number of hydrazine groups is 1. The van der Waals surface area contributed by atoms with Crippen LogP contribution in [0.4, 0.5) is 4.39 Å². The Bertz CT molecular complexity index is 636. The number of hydrogen-bond acceptors (Lipinski definition) is 2. The minimum absolute atomic E-state index is 0.133. The second-order valence-electron chi connectivity index (χ2n) is 5.13. The van der Waals surface area contributed by atoms with Crippen molar-refractivity contribution in [3.05, 3.63) is 67.3 Å².